The number of urea groups is 1. The van der Waals surface area contributed by atoms with E-state index in [1.807, 2.05) is 18.2 Å². The van der Waals surface area contributed by atoms with E-state index in [2.05, 4.69) is 10.6 Å². The Morgan fingerprint density at radius 3 is 2.73 bits per heavy atom. The lowest BCUT2D eigenvalue weighted by Crippen LogP contribution is -2.35. The third-order valence-corrected chi connectivity index (χ3v) is 2.11. The van der Waals surface area contributed by atoms with Crippen LogP contribution in [0.1, 0.15) is 5.56 Å². The molecule has 2 amide bonds. The summed E-state index contributed by atoms with van der Waals surface area (Å²) in [4.78, 5) is 21.0. The summed E-state index contributed by atoms with van der Waals surface area (Å²) in [5.41, 5.74) is 0.834. The van der Waals surface area contributed by atoms with Crippen LogP contribution in [-0.4, -0.2) is 18.9 Å². The molecule has 0 fully saturated rings. The summed E-state index contributed by atoms with van der Waals surface area (Å²) in [7, 11) is 0. The summed E-state index contributed by atoms with van der Waals surface area (Å²) in [5.74, 6) is 0. The average Bonchev–Trinajstić information content (AvgIpc) is 2.25. The van der Waals surface area contributed by atoms with Crippen molar-refractivity contribution in [2.24, 2.45) is 0 Å². The Bertz CT molecular complexity index is 355. The number of aldehydes is 1. The molecule has 0 radical (unpaired) electrons. The Morgan fingerprint density at radius 1 is 1.33 bits per heavy atom. The fraction of sp³-hybridized carbons (Fsp3) is 0.200. The summed E-state index contributed by atoms with van der Waals surface area (Å²) in [6, 6.07) is 6.84. The van der Waals surface area contributed by atoms with Crippen molar-refractivity contribution in [2.45, 2.75) is 6.54 Å². The molecule has 0 saturated heterocycles. The predicted octanol–water partition coefficient (Wildman–Crippen LogP) is 1.34. The van der Waals surface area contributed by atoms with Crippen molar-refractivity contribution in [3.63, 3.8) is 0 Å². The Balaban J connectivity index is 2.40. The number of benzene rings is 1. The first-order chi connectivity index (χ1) is 7.24. The number of nitrogens with one attached hydrogen (secondary N) is 2. The number of amides is 2. The number of hydrogen-bond acceptors (Lipinski definition) is 2. The fourth-order valence-electron chi connectivity index (χ4n) is 1.01. The van der Waals surface area contributed by atoms with Crippen molar-refractivity contribution < 1.29 is 9.59 Å². The fourth-order valence-corrected chi connectivity index (χ4v) is 1.22. The zero-order chi connectivity index (χ0) is 11.1. The summed E-state index contributed by atoms with van der Waals surface area (Å²) in [6.45, 7) is 0.346. The van der Waals surface area contributed by atoms with Gasteiger partial charge in [-0.15, -0.1) is 0 Å². The third-order valence-electron chi connectivity index (χ3n) is 1.74. The van der Waals surface area contributed by atoms with Crippen LogP contribution in [0.25, 0.3) is 0 Å². The largest absolute Gasteiger partial charge is 0.334 e. The predicted molar refractivity (Wildman–Crippen MR) is 57.8 cm³/mol. The van der Waals surface area contributed by atoms with Crippen LogP contribution >= 0.6 is 11.6 Å². The van der Waals surface area contributed by atoms with Crippen molar-refractivity contribution in [2.75, 3.05) is 6.54 Å². The van der Waals surface area contributed by atoms with E-state index < -0.39 is 0 Å². The highest BCUT2D eigenvalue weighted by atomic mass is 35.5. The van der Waals surface area contributed by atoms with E-state index >= 15 is 0 Å². The van der Waals surface area contributed by atoms with E-state index in [-0.39, 0.29) is 12.6 Å². The van der Waals surface area contributed by atoms with Crippen LogP contribution in [0.2, 0.25) is 5.02 Å². The van der Waals surface area contributed by atoms with E-state index in [9.17, 15) is 9.59 Å². The maximum absolute atomic E-state index is 11.1. The molecule has 0 aliphatic heterocycles. The molecule has 0 heterocycles. The van der Waals surface area contributed by atoms with Gasteiger partial charge >= 0.3 is 6.03 Å². The van der Waals surface area contributed by atoms with Gasteiger partial charge in [-0.25, -0.2) is 4.79 Å². The van der Waals surface area contributed by atoms with Gasteiger partial charge < -0.3 is 15.4 Å². The highest BCUT2D eigenvalue weighted by Gasteiger charge is 2.01. The molecule has 0 spiro atoms. The van der Waals surface area contributed by atoms with Gasteiger partial charge in [0.25, 0.3) is 0 Å². The van der Waals surface area contributed by atoms with Crippen LogP contribution in [0.15, 0.2) is 24.3 Å². The van der Waals surface area contributed by atoms with E-state index in [1.165, 1.54) is 0 Å². The molecule has 1 rings (SSSR count). The first kappa shape index (κ1) is 11.5. The molecular weight excluding hydrogens is 216 g/mol. The smallest absolute Gasteiger partial charge is 0.315 e. The highest BCUT2D eigenvalue weighted by molar-refractivity contribution is 6.31. The van der Waals surface area contributed by atoms with Crippen molar-refractivity contribution in [3.05, 3.63) is 34.9 Å². The van der Waals surface area contributed by atoms with Crippen LogP contribution in [0.3, 0.4) is 0 Å². The third kappa shape index (κ3) is 3.99. The van der Waals surface area contributed by atoms with Crippen LogP contribution in [0, 0.1) is 0 Å². The van der Waals surface area contributed by atoms with E-state index in [0.29, 0.717) is 17.9 Å². The van der Waals surface area contributed by atoms with Gasteiger partial charge in [0.15, 0.2) is 0 Å². The highest BCUT2D eigenvalue weighted by Crippen LogP contribution is 2.13. The minimum absolute atomic E-state index is 0.00829. The molecule has 80 valence electrons. The van der Waals surface area contributed by atoms with Gasteiger partial charge in [0.2, 0.25) is 0 Å². The number of rotatable bonds is 4. The first-order valence-corrected chi connectivity index (χ1v) is 4.80. The summed E-state index contributed by atoms with van der Waals surface area (Å²) in [5, 5.41) is 5.55. The topological polar surface area (TPSA) is 58.2 Å². The maximum atomic E-state index is 11.1. The SMILES string of the molecule is O=CCNC(=O)NCc1ccccc1Cl. The van der Waals surface area contributed by atoms with E-state index in [4.69, 9.17) is 11.6 Å². The molecule has 2 N–H and O–H groups in total. The van der Waals surface area contributed by atoms with E-state index in [0.717, 1.165) is 5.56 Å². The van der Waals surface area contributed by atoms with E-state index in [1.54, 1.807) is 6.07 Å². The first-order valence-electron chi connectivity index (χ1n) is 4.43. The van der Waals surface area contributed by atoms with Crippen molar-refractivity contribution >= 4 is 23.9 Å². The van der Waals surface area contributed by atoms with Crippen LogP contribution in [0.5, 0.6) is 0 Å². The molecule has 0 bridgehead atoms. The molecular formula is C10H11ClN2O2. The number of carbonyl (C=O) groups is 2. The Hall–Kier alpha value is -1.55. The zero-order valence-electron chi connectivity index (χ0n) is 8.00. The molecule has 1 aromatic rings. The number of carbonyl (C=O) groups excluding carboxylic acids is 2. The summed E-state index contributed by atoms with van der Waals surface area (Å²) in [6.07, 6.45) is 0.620. The monoisotopic (exact) mass is 226 g/mol. The van der Waals surface area contributed by atoms with Crippen molar-refractivity contribution in [1.29, 1.82) is 0 Å². The van der Waals surface area contributed by atoms with Crippen molar-refractivity contribution in [3.8, 4) is 0 Å². The number of hydrogen-bond donors (Lipinski definition) is 2. The van der Waals surface area contributed by atoms with Crippen LogP contribution < -0.4 is 10.6 Å². The molecule has 0 unspecified atom stereocenters. The maximum Gasteiger partial charge on any atom is 0.315 e. The molecule has 5 heteroatoms. The normalized spacial score (nSPS) is 9.40. The molecule has 0 aromatic heterocycles. The lowest BCUT2D eigenvalue weighted by Gasteiger charge is -2.06. The Morgan fingerprint density at radius 2 is 2.07 bits per heavy atom. The summed E-state index contributed by atoms with van der Waals surface area (Å²) < 4.78 is 0. The molecule has 1 aromatic carbocycles. The van der Waals surface area contributed by atoms with Gasteiger partial charge in [0, 0.05) is 11.6 Å². The molecule has 4 nitrogen and oxygen atoms in total. The Kier molecular flexibility index (Phi) is 4.63. The van der Waals surface area contributed by atoms with Crippen molar-refractivity contribution in [1.82, 2.24) is 10.6 Å². The average molecular weight is 227 g/mol. The molecule has 0 atom stereocenters. The number of halogens is 1. The van der Waals surface area contributed by atoms with Gasteiger partial charge in [-0.1, -0.05) is 29.8 Å². The second-order valence-corrected chi connectivity index (χ2v) is 3.23. The molecule has 15 heavy (non-hydrogen) atoms. The minimum Gasteiger partial charge on any atom is -0.334 e. The quantitative estimate of drug-likeness (QED) is 0.762. The van der Waals surface area contributed by atoms with Crippen LogP contribution in [0.4, 0.5) is 4.79 Å². The summed E-state index contributed by atoms with van der Waals surface area (Å²) >= 11 is 5.88. The van der Waals surface area contributed by atoms with Gasteiger partial charge in [-0.05, 0) is 11.6 Å². The molecule has 0 aliphatic carbocycles. The lowest BCUT2D eigenvalue weighted by atomic mass is 10.2. The zero-order valence-corrected chi connectivity index (χ0v) is 8.75. The standard InChI is InChI=1S/C10H11ClN2O2/c11-9-4-2-1-3-8(9)7-13-10(15)12-5-6-14/h1-4,6H,5,7H2,(H2,12,13,15). The second-order valence-electron chi connectivity index (χ2n) is 2.82. The van der Waals surface area contributed by atoms with Gasteiger partial charge in [-0.2, -0.15) is 0 Å². The van der Waals surface area contributed by atoms with Crippen LogP contribution in [-0.2, 0) is 11.3 Å². The molecule has 0 saturated carbocycles. The van der Waals surface area contributed by atoms with Gasteiger partial charge in [0.1, 0.15) is 6.29 Å². The Labute approximate surface area is 92.6 Å². The minimum atomic E-state index is -0.387. The van der Waals surface area contributed by atoms with Gasteiger partial charge in [0.05, 0.1) is 6.54 Å². The van der Waals surface area contributed by atoms with Gasteiger partial charge in [-0.3, -0.25) is 0 Å². The molecule has 0 aliphatic rings. The second kappa shape index (κ2) is 6.03. The lowest BCUT2D eigenvalue weighted by molar-refractivity contribution is -0.107.